The van der Waals surface area contributed by atoms with Crippen molar-refractivity contribution < 1.29 is 27.5 Å². The fourth-order valence-electron chi connectivity index (χ4n) is 3.94. The molecule has 0 N–H and O–H groups in total. The van der Waals surface area contributed by atoms with Gasteiger partial charge in [-0.15, -0.1) is 0 Å². The van der Waals surface area contributed by atoms with E-state index in [0.717, 1.165) is 0 Å². The summed E-state index contributed by atoms with van der Waals surface area (Å²) in [7, 11) is -1.06. The van der Waals surface area contributed by atoms with Crippen molar-refractivity contribution in [3.63, 3.8) is 0 Å². The van der Waals surface area contributed by atoms with Crippen LogP contribution >= 0.6 is 0 Å². The molecule has 0 bridgehead atoms. The standard InChI is InChI=1S/C22H28N2O6S/c1-6-23-15(3)20(14(2)21(23)22(26)30-5)19(25)13-24(16-7-8-16)31(27,28)18-11-9-17(29-4)10-12-18/h9-12,16H,6-8,13H2,1-5H3. The van der Waals surface area contributed by atoms with Crippen LogP contribution < -0.4 is 4.74 Å². The second-order valence-corrected chi connectivity index (χ2v) is 9.44. The molecule has 9 heteroatoms. The lowest BCUT2D eigenvalue weighted by Crippen LogP contribution is -2.37. The Bertz CT molecular complexity index is 1100. The van der Waals surface area contributed by atoms with E-state index in [1.807, 2.05) is 6.92 Å². The molecule has 3 rings (SSSR count). The minimum absolute atomic E-state index is 0.114. The summed E-state index contributed by atoms with van der Waals surface area (Å²) in [5, 5.41) is 0. The molecule has 0 saturated heterocycles. The van der Waals surface area contributed by atoms with E-state index >= 15 is 0 Å². The summed E-state index contributed by atoms with van der Waals surface area (Å²) in [5.41, 5.74) is 1.83. The molecular formula is C22H28N2O6S. The number of esters is 1. The van der Waals surface area contributed by atoms with E-state index < -0.39 is 16.0 Å². The normalized spacial score (nSPS) is 14.0. The first-order valence-corrected chi connectivity index (χ1v) is 11.6. The lowest BCUT2D eigenvalue weighted by molar-refractivity contribution is 0.0587. The van der Waals surface area contributed by atoms with Crippen LogP contribution in [0.25, 0.3) is 0 Å². The molecule has 1 aromatic heterocycles. The number of aromatic nitrogens is 1. The van der Waals surface area contributed by atoms with E-state index in [1.54, 1.807) is 30.5 Å². The van der Waals surface area contributed by atoms with Crippen LogP contribution in [0.2, 0.25) is 0 Å². The largest absolute Gasteiger partial charge is 0.497 e. The Morgan fingerprint density at radius 3 is 2.23 bits per heavy atom. The fourth-order valence-corrected chi connectivity index (χ4v) is 5.58. The Kier molecular flexibility index (Phi) is 6.56. The molecule has 0 unspecified atom stereocenters. The number of ether oxygens (including phenoxy) is 2. The predicted octanol–water partition coefficient (Wildman–Crippen LogP) is 2.96. The molecule has 1 fully saturated rings. The van der Waals surface area contributed by atoms with Gasteiger partial charge in [0.1, 0.15) is 11.4 Å². The molecule has 2 aromatic rings. The summed E-state index contributed by atoms with van der Waals surface area (Å²) in [5.74, 6) is -0.307. The average Bonchev–Trinajstić information content (AvgIpc) is 3.56. The summed E-state index contributed by atoms with van der Waals surface area (Å²) in [6, 6.07) is 5.92. The number of hydrogen-bond acceptors (Lipinski definition) is 6. The molecule has 0 amide bonds. The summed E-state index contributed by atoms with van der Waals surface area (Å²) in [4.78, 5) is 25.7. The lowest BCUT2D eigenvalue weighted by Gasteiger charge is -2.21. The van der Waals surface area contributed by atoms with Crippen molar-refractivity contribution in [2.24, 2.45) is 0 Å². The summed E-state index contributed by atoms with van der Waals surface area (Å²) in [6.45, 7) is 5.53. The highest BCUT2D eigenvalue weighted by atomic mass is 32.2. The van der Waals surface area contributed by atoms with Gasteiger partial charge in [0, 0.05) is 23.8 Å². The summed E-state index contributed by atoms with van der Waals surface area (Å²) >= 11 is 0. The van der Waals surface area contributed by atoms with E-state index in [1.165, 1.54) is 30.7 Å². The SMILES string of the molecule is CCn1c(C)c(C(=O)CN(C2CC2)S(=O)(=O)c2ccc(OC)cc2)c(C)c1C(=O)OC. The number of methoxy groups -OCH3 is 2. The maximum atomic E-state index is 13.3. The number of hydrogen-bond donors (Lipinski definition) is 0. The molecule has 1 saturated carbocycles. The van der Waals surface area contributed by atoms with Crippen molar-refractivity contribution in [1.29, 1.82) is 0 Å². The molecular weight excluding hydrogens is 420 g/mol. The number of sulfonamides is 1. The monoisotopic (exact) mass is 448 g/mol. The maximum Gasteiger partial charge on any atom is 0.354 e. The topological polar surface area (TPSA) is 94.9 Å². The number of nitrogens with zero attached hydrogens (tertiary/aromatic N) is 2. The average molecular weight is 449 g/mol. The van der Waals surface area contributed by atoms with Crippen LogP contribution in [-0.2, 0) is 21.3 Å². The zero-order chi connectivity index (χ0) is 22.9. The first-order valence-electron chi connectivity index (χ1n) is 10.1. The van der Waals surface area contributed by atoms with E-state index in [-0.39, 0.29) is 23.3 Å². The van der Waals surface area contributed by atoms with E-state index in [9.17, 15) is 18.0 Å². The zero-order valence-corrected chi connectivity index (χ0v) is 19.3. The highest BCUT2D eigenvalue weighted by molar-refractivity contribution is 7.89. The number of carbonyl (C=O) groups is 2. The number of ketones is 1. The third-order valence-electron chi connectivity index (χ3n) is 5.66. The van der Waals surface area contributed by atoms with Crippen LogP contribution in [0.5, 0.6) is 5.75 Å². The van der Waals surface area contributed by atoms with Gasteiger partial charge in [-0.25, -0.2) is 13.2 Å². The third kappa shape index (κ3) is 4.24. The first-order chi connectivity index (χ1) is 14.7. The van der Waals surface area contributed by atoms with Crippen LogP contribution in [0.3, 0.4) is 0 Å². The van der Waals surface area contributed by atoms with Crippen LogP contribution in [0, 0.1) is 13.8 Å². The van der Waals surface area contributed by atoms with Crippen LogP contribution in [0.4, 0.5) is 0 Å². The lowest BCUT2D eigenvalue weighted by atomic mass is 10.1. The molecule has 0 aliphatic heterocycles. The second kappa shape index (κ2) is 8.84. The number of rotatable bonds is 9. The molecule has 0 radical (unpaired) electrons. The van der Waals surface area contributed by atoms with Gasteiger partial charge in [-0.1, -0.05) is 0 Å². The van der Waals surface area contributed by atoms with Gasteiger partial charge in [0.25, 0.3) is 0 Å². The molecule has 168 valence electrons. The second-order valence-electron chi connectivity index (χ2n) is 7.55. The smallest absolute Gasteiger partial charge is 0.354 e. The molecule has 8 nitrogen and oxygen atoms in total. The maximum absolute atomic E-state index is 13.3. The van der Waals surface area contributed by atoms with Crippen molar-refractivity contribution in [3.05, 3.63) is 46.8 Å². The van der Waals surface area contributed by atoms with Crippen molar-refractivity contribution in [3.8, 4) is 5.75 Å². The quantitative estimate of drug-likeness (QED) is 0.432. The minimum Gasteiger partial charge on any atom is -0.497 e. The van der Waals surface area contributed by atoms with Gasteiger partial charge in [-0.05, 0) is 63.4 Å². The van der Waals surface area contributed by atoms with Crippen molar-refractivity contribution >= 4 is 21.8 Å². The molecule has 1 heterocycles. The Hall–Kier alpha value is -2.65. The predicted molar refractivity (Wildman–Crippen MR) is 115 cm³/mol. The van der Waals surface area contributed by atoms with E-state index in [4.69, 9.17) is 9.47 Å². The minimum atomic E-state index is -3.86. The summed E-state index contributed by atoms with van der Waals surface area (Å²) < 4.78 is 39.6. The molecule has 0 atom stereocenters. The summed E-state index contributed by atoms with van der Waals surface area (Å²) in [6.07, 6.45) is 1.42. The molecule has 1 aromatic carbocycles. The number of benzene rings is 1. The van der Waals surface area contributed by atoms with Crippen LogP contribution in [0.1, 0.15) is 51.9 Å². The van der Waals surface area contributed by atoms with Crippen LogP contribution in [0.15, 0.2) is 29.2 Å². The Morgan fingerprint density at radius 1 is 1.13 bits per heavy atom. The third-order valence-corrected chi connectivity index (χ3v) is 7.57. The Labute approximate surface area is 182 Å². The van der Waals surface area contributed by atoms with E-state index in [2.05, 4.69) is 0 Å². The molecule has 31 heavy (non-hydrogen) atoms. The van der Waals surface area contributed by atoms with Crippen LogP contribution in [-0.4, -0.2) is 55.8 Å². The van der Waals surface area contributed by atoms with Gasteiger partial charge in [0.2, 0.25) is 10.0 Å². The van der Waals surface area contributed by atoms with Gasteiger partial charge in [-0.2, -0.15) is 4.31 Å². The van der Waals surface area contributed by atoms with Gasteiger partial charge in [0.15, 0.2) is 5.78 Å². The molecule has 0 spiro atoms. The van der Waals surface area contributed by atoms with E-state index in [0.29, 0.717) is 47.7 Å². The fraction of sp³-hybridized carbons (Fsp3) is 0.455. The van der Waals surface area contributed by atoms with Crippen molar-refractivity contribution in [1.82, 2.24) is 8.87 Å². The Morgan fingerprint density at radius 2 is 1.74 bits per heavy atom. The highest BCUT2D eigenvalue weighted by Gasteiger charge is 2.40. The first kappa shape index (κ1) is 23.0. The highest BCUT2D eigenvalue weighted by Crippen LogP contribution is 2.33. The van der Waals surface area contributed by atoms with Crippen molar-refractivity contribution in [2.75, 3.05) is 20.8 Å². The van der Waals surface area contributed by atoms with Gasteiger partial charge >= 0.3 is 5.97 Å². The van der Waals surface area contributed by atoms with Crippen molar-refractivity contribution in [2.45, 2.75) is 51.1 Å². The number of carbonyl (C=O) groups excluding carboxylic acids is 2. The molecule has 1 aliphatic rings. The Balaban J connectivity index is 1.97. The van der Waals surface area contributed by atoms with Gasteiger partial charge < -0.3 is 14.0 Å². The van der Waals surface area contributed by atoms with Gasteiger partial charge in [-0.3, -0.25) is 4.79 Å². The van der Waals surface area contributed by atoms with Gasteiger partial charge in [0.05, 0.1) is 25.7 Å². The zero-order valence-electron chi connectivity index (χ0n) is 18.5. The molecule has 1 aliphatic carbocycles. The number of Topliss-reactive ketones (excluding diaryl/α,β-unsaturated/α-hetero) is 1.